The van der Waals surface area contributed by atoms with Crippen molar-refractivity contribution in [1.82, 2.24) is 15.1 Å². The summed E-state index contributed by atoms with van der Waals surface area (Å²) in [5, 5.41) is 10.1. The van der Waals surface area contributed by atoms with Gasteiger partial charge in [-0.15, -0.1) is 0 Å². The molecule has 0 bridgehead atoms. The number of aromatic nitrogens is 2. The molecule has 0 radical (unpaired) electrons. The van der Waals surface area contributed by atoms with Gasteiger partial charge in [0.15, 0.2) is 0 Å². The number of aryl methyl sites for hydroxylation is 1. The second-order valence-corrected chi connectivity index (χ2v) is 4.44. The van der Waals surface area contributed by atoms with Crippen LogP contribution in [-0.4, -0.2) is 22.7 Å². The predicted octanol–water partition coefficient (Wildman–Crippen LogP) is 1.39. The van der Waals surface area contributed by atoms with E-state index in [-0.39, 0.29) is 11.9 Å². The maximum absolute atomic E-state index is 11.7. The van der Waals surface area contributed by atoms with Gasteiger partial charge in [0.2, 0.25) is 5.91 Å². The molecular weight excluding hydrogens is 228 g/mol. The van der Waals surface area contributed by atoms with Gasteiger partial charge in [-0.1, -0.05) is 6.07 Å². The van der Waals surface area contributed by atoms with Crippen molar-refractivity contribution in [2.75, 3.05) is 12.4 Å². The number of likely N-dealkylation sites (N-methyl/N-ethyl adjacent to an activating group) is 1. The normalized spacial score (nSPS) is 17.7. The number of fused-ring (bicyclic) bond motifs is 1. The first-order valence-corrected chi connectivity index (χ1v) is 5.83. The predicted molar refractivity (Wildman–Crippen MR) is 68.7 cm³/mol. The molecule has 5 nitrogen and oxygen atoms in total. The number of nitrogens with zero attached hydrogens (tertiary/aromatic N) is 2. The zero-order valence-corrected chi connectivity index (χ0v) is 10.3. The number of amides is 1. The van der Waals surface area contributed by atoms with Crippen LogP contribution in [-0.2, 0) is 4.79 Å². The molecule has 0 fully saturated rings. The molecular formula is C13H14N4O. The van der Waals surface area contributed by atoms with Crippen molar-refractivity contribution in [3.63, 3.8) is 0 Å². The molecule has 0 aliphatic carbocycles. The lowest BCUT2D eigenvalue weighted by Gasteiger charge is -2.07. The average Bonchev–Trinajstić information content (AvgIpc) is 2.90. The van der Waals surface area contributed by atoms with E-state index in [1.807, 2.05) is 37.5 Å². The van der Waals surface area contributed by atoms with E-state index in [0.717, 1.165) is 22.5 Å². The lowest BCUT2D eigenvalue weighted by Crippen LogP contribution is -2.23. The molecule has 1 aromatic carbocycles. The Kier molecular flexibility index (Phi) is 2.41. The number of hydrogen-bond acceptors (Lipinski definition) is 3. The summed E-state index contributed by atoms with van der Waals surface area (Å²) >= 11 is 0. The Morgan fingerprint density at radius 1 is 1.44 bits per heavy atom. The van der Waals surface area contributed by atoms with Crippen molar-refractivity contribution in [3.8, 4) is 5.69 Å². The third kappa shape index (κ3) is 1.60. The third-order valence-electron chi connectivity index (χ3n) is 3.13. The summed E-state index contributed by atoms with van der Waals surface area (Å²) in [5.41, 5.74) is 3.88. The molecule has 5 heteroatoms. The summed E-state index contributed by atoms with van der Waals surface area (Å²) in [4.78, 5) is 11.7. The number of rotatable bonds is 2. The van der Waals surface area contributed by atoms with E-state index in [4.69, 9.17) is 0 Å². The van der Waals surface area contributed by atoms with Gasteiger partial charge in [-0.3, -0.25) is 4.79 Å². The minimum Gasteiger partial charge on any atom is -0.324 e. The van der Waals surface area contributed by atoms with Crippen LogP contribution in [0.5, 0.6) is 0 Å². The molecule has 0 saturated carbocycles. The van der Waals surface area contributed by atoms with Gasteiger partial charge in [0.1, 0.15) is 6.04 Å². The summed E-state index contributed by atoms with van der Waals surface area (Å²) in [7, 11) is 1.78. The number of hydrogen-bond donors (Lipinski definition) is 2. The molecule has 92 valence electrons. The fraction of sp³-hybridized carbons (Fsp3) is 0.231. The SMILES string of the molecule is CNC1C(=O)Nc2cc(-n3cc(C)cn3)ccc21. The molecule has 18 heavy (non-hydrogen) atoms. The van der Waals surface area contributed by atoms with Crippen LogP contribution in [0.1, 0.15) is 17.2 Å². The van der Waals surface area contributed by atoms with E-state index in [0.29, 0.717) is 0 Å². The van der Waals surface area contributed by atoms with Gasteiger partial charge in [-0.2, -0.15) is 5.10 Å². The summed E-state index contributed by atoms with van der Waals surface area (Å²) in [6.07, 6.45) is 3.76. The highest BCUT2D eigenvalue weighted by atomic mass is 16.2. The molecule has 2 N–H and O–H groups in total. The van der Waals surface area contributed by atoms with Gasteiger partial charge >= 0.3 is 0 Å². The maximum atomic E-state index is 11.7. The first-order valence-electron chi connectivity index (χ1n) is 5.83. The molecule has 2 heterocycles. The van der Waals surface area contributed by atoms with Crippen molar-refractivity contribution in [2.45, 2.75) is 13.0 Å². The minimum atomic E-state index is -0.256. The second kappa shape index (κ2) is 3.96. The van der Waals surface area contributed by atoms with Crippen molar-refractivity contribution >= 4 is 11.6 Å². The Morgan fingerprint density at radius 2 is 2.28 bits per heavy atom. The molecule has 1 aromatic heterocycles. The number of anilines is 1. The molecule has 0 saturated heterocycles. The minimum absolute atomic E-state index is 0.0127. The average molecular weight is 242 g/mol. The van der Waals surface area contributed by atoms with Gasteiger partial charge < -0.3 is 10.6 Å². The highest BCUT2D eigenvalue weighted by Gasteiger charge is 2.29. The number of carbonyl (C=O) groups excluding carboxylic acids is 1. The Balaban J connectivity index is 2.03. The smallest absolute Gasteiger partial charge is 0.246 e. The molecule has 1 atom stereocenters. The van der Waals surface area contributed by atoms with E-state index in [9.17, 15) is 4.79 Å². The van der Waals surface area contributed by atoms with Crippen LogP contribution in [0.25, 0.3) is 5.69 Å². The van der Waals surface area contributed by atoms with Crippen molar-refractivity contribution in [2.24, 2.45) is 0 Å². The number of nitrogens with one attached hydrogen (secondary N) is 2. The number of carbonyl (C=O) groups is 1. The van der Waals surface area contributed by atoms with Crippen LogP contribution in [0.4, 0.5) is 5.69 Å². The van der Waals surface area contributed by atoms with Crippen LogP contribution in [0, 0.1) is 6.92 Å². The van der Waals surface area contributed by atoms with Crippen LogP contribution in [0.15, 0.2) is 30.6 Å². The van der Waals surface area contributed by atoms with Crippen molar-refractivity contribution < 1.29 is 4.79 Å². The molecule has 1 amide bonds. The fourth-order valence-electron chi connectivity index (χ4n) is 2.23. The second-order valence-electron chi connectivity index (χ2n) is 4.44. The van der Waals surface area contributed by atoms with Crippen LogP contribution in [0.3, 0.4) is 0 Å². The fourth-order valence-corrected chi connectivity index (χ4v) is 2.23. The summed E-state index contributed by atoms with van der Waals surface area (Å²) < 4.78 is 1.80. The molecule has 3 rings (SSSR count). The van der Waals surface area contributed by atoms with Crippen molar-refractivity contribution in [3.05, 3.63) is 41.7 Å². The van der Waals surface area contributed by atoms with Gasteiger partial charge in [0, 0.05) is 17.4 Å². The highest BCUT2D eigenvalue weighted by molar-refractivity contribution is 6.02. The van der Waals surface area contributed by atoms with Gasteiger partial charge in [0.05, 0.1) is 11.9 Å². The van der Waals surface area contributed by atoms with E-state index < -0.39 is 0 Å². The standard InChI is InChI=1S/C13H14N4O/c1-8-6-15-17(7-8)9-3-4-10-11(5-9)16-13(18)12(10)14-2/h3-7,12,14H,1-2H3,(H,16,18). The zero-order valence-electron chi connectivity index (χ0n) is 10.3. The summed E-state index contributed by atoms with van der Waals surface area (Å²) in [6.45, 7) is 2.00. The Hall–Kier alpha value is -2.14. The molecule has 1 unspecified atom stereocenters. The first-order chi connectivity index (χ1) is 8.69. The van der Waals surface area contributed by atoms with Gasteiger partial charge in [-0.25, -0.2) is 4.68 Å². The third-order valence-corrected chi connectivity index (χ3v) is 3.13. The van der Waals surface area contributed by atoms with Crippen LogP contribution in [0.2, 0.25) is 0 Å². The monoisotopic (exact) mass is 242 g/mol. The van der Waals surface area contributed by atoms with E-state index in [1.54, 1.807) is 11.7 Å². The zero-order chi connectivity index (χ0) is 12.7. The van der Waals surface area contributed by atoms with Crippen molar-refractivity contribution in [1.29, 1.82) is 0 Å². The van der Waals surface area contributed by atoms with E-state index >= 15 is 0 Å². The highest BCUT2D eigenvalue weighted by Crippen LogP contribution is 2.32. The van der Waals surface area contributed by atoms with Crippen LogP contribution < -0.4 is 10.6 Å². The lowest BCUT2D eigenvalue weighted by atomic mass is 10.1. The van der Waals surface area contributed by atoms with Crippen LogP contribution >= 0.6 is 0 Å². The van der Waals surface area contributed by atoms with E-state index in [2.05, 4.69) is 15.7 Å². The Labute approximate surface area is 105 Å². The summed E-state index contributed by atoms with van der Waals surface area (Å²) in [5.74, 6) is -0.0127. The molecule has 1 aliphatic rings. The first kappa shape index (κ1) is 11.0. The van der Waals surface area contributed by atoms with Gasteiger partial charge in [0.25, 0.3) is 0 Å². The molecule has 0 spiro atoms. The largest absolute Gasteiger partial charge is 0.324 e. The lowest BCUT2D eigenvalue weighted by molar-refractivity contribution is -0.117. The Morgan fingerprint density at radius 3 is 2.94 bits per heavy atom. The Bertz CT molecular complexity index is 617. The molecule has 2 aromatic rings. The quantitative estimate of drug-likeness (QED) is 0.836. The summed E-state index contributed by atoms with van der Waals surface area (Å²) in [6, 6.07) is 5.61. The molecule has 1 aliphatic heterocycles. The van der Waals surface area contributed by atoms with E-state index in [1.165, 1.54) is 0 Å². The topological polar surface area (TPSA) is 59.0 Å². The maximum Gasteiger partial charge on any atom is 0.246 e. The number of benzene rings is 1. The van der Waals surface area contributed by atoms with Gasteiger partial charge in [-0.05, 0) is 31.7 Å².